The first-order chi connectivity index (χ1) is 7.22. The molecule has 0 atom stereocenters. The second kappa shape index (κ2) is 3.49. The Labute approximate surface area is 84.7 Å². The summed E-state index contributed by atoms with van der Waals surface area (Å²) in [5, 5.41) is 11.1. The van der Waals surface area contributed by atoms with E-state index in [2.05, 4.69) is 9.97 Å². The van der Waals surface area contributed by atoms with Gasteiger partial charge < -0.3 is 4.74 Å². The van der Waals surface area contributed by atoms with Crippen molar-refractivity contribution in [1.29, 1.82) is 0 Å². The van der Waals surface area contributed by atoms with E-state index in [0.29, 0.717) is 16.8 Å². The average molecular weight is 205 g/mol. The number of nitrogens with zero attached hydrogens (tertiary/aromatic N) is 3. The molecule has 0 aliphatic rings. The second-order valence-corrected chi connectivity index (χ2v) is 2.84. The zero-order valence-corrected chi connectivity index (χ0v) is 7.88. The fourth-order valence-corrected chi connectivity index (χ4v) is 1.30. The van der Waals surface area contributed by atoms with Crippen molar-refractivity contribution < 1.29 is 9.66 Å². The number of methoxy groups -OCH3 is 1. The van der Waals surface area contributed by atoms with Crippen molar-refractivity contribution in [2.75, 3.05) is 7.11 Å². The summed E-state index contributed by atoms with van der Waals surface area (Å²) in [6.45, 7) is 0. The lowest BCUT2D eigenvalue weighted by Gasteiger charge is -2.02. The molecular weight excluding hydrogens is 198 g/mol. The lowest BCUT2D eigenvalue weighted by molar-refractivity contribution is -0.384. The normalized spacial score (nSPS) is 10.2. The van der Waals surface area contributed by atoms with Gasteiger partial charge in [-0.1, -0.05) is 0 Å². The molecule has 0 radical (unpaired) electrons. The van der Waals surface area contributed by atoms with Crippen LogP contribution in [0.3, 0.4) is 0 Å². The van der Waals surface area contributed by atoms with Crippen molar-refractivity contribution in [2.24, 2.45) is 0 Å². The van der Waals surface area contributed by atoms with Gasteiger partial charge >= 0.3 is 0 Å². The summed E-state index contributed by atoms with van der Waals surface area (Å²) in [4.78, 5) is 17.9. The minimum atomic E-state index is -0.466. The fourth-order valence-electron chi connectivity index (χ4n) is 1.30. The van der Waals surface area contributed by atoms with E-state index in [1.165, 1.54) is 25.6 Å². The van der Waals surface area contributed by atoms with E-state index in [4.69, 9.17) is 4.74 Å². The number of non-ortho nitro benzene ring substituents is 1. The van der Waals surface area contributed by atoms with Crippen LogP contribution in [0, 0.1) is 10.1 Å². The van der Waals surface area contributed by atoms with Crippen LogP contribution in [0.4, 0.5) is 5.69 Å². The molecule has 0 spiro atoms. The topological polar surface area (TPSA) is 78.2 Å². The van der Waals surface area contributed by atoms with Crippen LogP contribution in [0.15, 0.2) is 24.5 Å². The Bertz CT molecular complexity index is 527. The van der Waals surface area contributed by atoms with Crippen LogP contribution in [-0.2, 0) is 0 Å². The molecule has 1 aromatic carbocycles. The van der Waals surface area contributed by atoms with Gasteiger partial charge in [0.2, 0.25) is 5.88 Å². The zero-order chi connectivity index (χ0) is 10.8. The molecule has 0 fully saturated rings. The zero-order valence-electron chi connectivity index (χ0n) is 7.88. The van der Waals surface area contributed by atoms with Crippen LogP contribution in [0.5, 0.6) is 5.88 Å². The van der Waals surface area contributed by atoms with E-state index in [0.717, 1.165) is 0 Å². The number of benzene rings is 1. The molecule has 6 heteroatoms. The van der Waals surface area contributed by atoms with Crippen LogP contribution in [-0.4, -0.2) is 22.0 Å². The molecule has 0 saturated heterocycles. The van der Waals surface area contributed by atoms with Crippen LogP contribution in [0.2, 0.25) is 0 Å². The number of fused-ring (bicyclic) bond motifs is 1. The number of hydrogen-bond acceptors (Lipinski definition) is 5. The molecule has 0 unspecified atom stereocenters. The number of nitro benzene ring substituents is 1. The van der Waals surface area contributed by atoms with Gasteiger partial charge in [0.05, 0.1) is 22.9 Å². The highest BCUT2D eigenvalue weighted by atomic mass is 16.6. The van der Waals surface area contributed by atoms with Crippen LogP contribution in [0.1, 0.15) is 0 Å². The van der Waals surface area contributed by atoms with E-state index in [9.17, 15) is 10.1 Å². The van der Waals surface area contributed by atoms with Gasteiger partial charge in [-0.2, -0.15) is 0 Å². The molecule has 1 heterocycles. The summed E-state index contributed by atoms with van der Waals surface area (Å²) in [5.41, 5.74) is 0.614. The maximum Gasteiger partial charge on any atom is 0.270 e. The van der Waals surface area contributed by atoms with Gasteiger partial charge in [0.15, 0.2) is 0 Å². The molecule has 0 N–H and O–H groups in total. The summed E-state index contributed by atoms with van der Waals surface area (Å²) in [6, 6.07) is 4.36. The summed E-state index contributed by atoms with van der Waals surface area (Å²) in [6.07, 6.45) is 1.35. The predicted octanol–water partition coefficient (Wildman–Crippen LogP) is 1.55. The third-order valence-corrected chi connectivity index (χ3v) is 1.99. The Kier molecular flexibility index (Phi) is 2.17. The van der Waals surface area contributed by atoms with Crippen molar-refractivity contribution in [2.45, 2.75) is 0 Å². The van der Waals surface area contributed by atoms with Gasteiger partial charge in [0.1, 0.15) is 6.33 Å². The molecule has 6 nitrogen and oxygen atoms in total. The lowest BCUT2D eigenvalue weighted by atomic mass is 10.2. The quantitative estimate of drug-likeness (QED) is 0.549. The maximum atomic E-state index is 10.6. The lowest BCUT2D eigenvalue weighted by Crippen LogP contribution is -1.93. The van der Waals surface area contributed by atoms with Gasteiger partial charge in [0, 0.05) is 12.1 Å². The number of nitro groups is 1. The van der Waals surface area contributed by atoms with Crippen LogP contribution in [0.25, 0.3) is 10.9 Å². The van der Waals surface area contributed by atoms with Gasteiger partial charge in [-0.15, -0.1) is 0 Å². The van der Waals surface area contributed by atoms with E-state index in [-0.39, 0.29) is 5.69 Å². The first-order valence-electron chi connectivity index (χ1n) is 4.15. The highest BCUT2D eigenvalue weighted by molar-refractivity contribution is 5.85. The van der Waals surface area contributed by atoms with Gasteiger partial charge in [0.25, 0.3) is 5.69 Å². The van der Waals surface area contributed by atoms with Crippen molar-refractivity contribution >= 4 is 16.6 Å². The molecule has 0 aliphatic heterocycles. The SMILES string of the molecule is COc1ncnc2ccc([N+](=O)[O-])cc12. The number of aromatic nitrogens is 2. The Hall–Kier alpha value is -2.24. The predicted molar refractivity (Wildman–Crippen MR) is 52.7 cm³/mol. The summed E-state index contributed by atoms with van der Waals surface area (Å²) in [7, 11) is 1.46. The smallest absolute Gasteiger partial charge is 0.270 e. The minimum absolute atomic E-state index is 0.00407. The van der Waals surface area contributed by atoms with E-state index in [1.807, 2.05) is 0 Å². The van der Waals surface area contributed by atoms with Crippen LogP contribution < -0.4 is 4.74 Å². The van der Waals surface area contributed by atoms with Crippen molar-refractivity contribution in [3.05, 3.63) is 34.6 Å². The highest BCUT2D eigenvalue weighted by Gasteiger charge is 2.10. The number of ether oxygens (including phenoxy) is 1. The Morgan fingerprint density at radius 3 is 2.87 bits per heavy atom. The largest absolute Gasteiger partial charge is 0.480 e. The molecule has 0 bridgehead atoms. The molecule has 76 valence electrons. The minimum Gasteiger partial charge on any atom is -0.480 e. The Morgan fingerprint density at radius 2 is 2.20 bits per heavy atom. The monoisotopic (exact) mass is 205 g/mol. The first kappa shape index (κ1) is 9.32. The number of rotatable bonds is 2. The standard InChI is InChI=1S/C9H7N3O3/c1-15-9-7-4-6(12(13)14)2-3-8(7)10-5-11-9/h2-5H,1H3. The Morgan fingerprint density at radius 1 is 1.40 bits per heavy atom. The molecule has 2 aromatic rings. The molecule has 0 aliphatic carbocycles. The number of hydrogen-bond donors (Lipinski definition) is 0. The maximum absolute atomic E-state index is 10.6. The summed E-state index contributed by atoms with van der Waals surface area (Å²) >= 11 is 0. The molecular formula is C9H7N3O3. The first-order valence-corrected chi connectivity index (χ1v) is 4.15. The second-order valence-electron chi connectivity index (χ2n) is 2.84. The van der Waals surface area contributed by atoms with Crippen LogP contribution >= 0.6 is 0 Å². The van der Waals surface area contributed by atoms with E-state index in [1.54, 1.807) is 6.07 Å². The van der Waals surface area contributed by atoms with E-state index < -0.39 is 4.92 Å². The molecule has 0 saturated carbocycles. The van der Waals surface area contributed by atoms with Gasteiger partial charge in [-0.3, -0.25) is 10.1 Å². The molecule has 15 heavy (non-hydrogen) atoms. The molecule has 1 aromatic heterocycles. The highest BCUT2D eigenvalue weighted by Crippen LogP contribution is 2.25. The van der Waals surface area contributed by atoms with E-state index >= 15 is 0 Å². The third-order valence-electron chi connectivity index (χ3n) is 1.99. The molecule has 2 rings (SSSR count). The fraction of sp³-hybridized carbons (Fsp3) is 0.111. The van der Waals surface area contributed by atoms with Gasteiger partial charge in [-0.05, 0) is 6.07 Å². The third kappa shape index (κ3) is 1.56. The van der Waals surface area contributed by atoms with Gasteiger partial charge in [-0.25, -0.2) is 9.97 Å². The Balaban J connectivity index is 2.72. The summed E-state index contributed by atoms with van der Waals surface area (Å²) in [5.74, 6) is 0.337. The van der Waals surface area contributed by atoms with Crippen molar-refractivity contribution in [3.8, 4) is 5.88 Å². The average Bonchev–Trinajstić information content (AvgIpc) is 2.27. The van der Waals surface area contributed by atoms with Crippen molar-refractivity contribution in [1.82, 2.24) is 9.97 Å². The van der Waals surface area contributed by atoms with Crippen molar-refractivity contribution in [3.63, 3.8) is 0 Å². The summed E-state index contributed by atoms with van der Waals surface area (Å²) < 4.78 is 4.99. The molecule has 0 amide bonds.